The molecule has 1 aliphatic carbocycles. The van der Waals surface area contributed by atoms with Crippen molar-refractivity contribution < 1.29 is 4.79 Å². The van der Waals surface area contributed by atoms with Crippen LogP contribution in [0.5, 0.6) is 0 Å². The van der Waals surface area contributed by atoms with E-state index in [0.29, 0.717) is 0 Å². The third-order valence-electron chi connectivity index (χ3n) is 4.64. The van der Waals surface area contributed by atoms with Crippen molar-refractivity contribution in [1.82, 2.24) is 4.90 Å². The largest absolute Gasteiger partial charge is 0.326 e. The van der Waals surface area contributed by atoms with Crippen molar-refractivity contribution in [2.24, 2.45) is 11.7 Å². The highest BCUT2D eigenvalue weighted by Crippen LogP contribution is 2.32. The summed E-state index contributed by atoms with van der Waals surface area (Å²) in [5.41, 5.74) is 8.07. The van der Waals surface area contributed by atoms with Crippen LogP contribution in [0.4, 0.5) is 5.69 Å². The van der Waals surface area contributed by atoms with E-state index in [0.717, 1.165) is 44.3 Å². The second-order valence-corrected chi connectivity index (χ2v) is 7.04. The number of likely N-dealkylation sites (N-methyl/N-ethyl adjacent to an activating group) is 1. The van der Waals surface area contributed by atoms with Crippen LogP contribution >= 0.6 is 24.8 Å². The summed E-state index contributed by atoms with van der Waals surface area (Å²) in [5, 5.41) is 3.03. The van der Waals surface area contributed by atoms with E-state index in [1.807, 2.05) is 19.1 Å². The smallest absolute Gasteiger partial charge is 0.229 e. The molecule has 1 aliphatic rings. The lowest BCUT2D eigenvalue weighted by Gasteiger charge is -2.37. The Morgan fingerprint density at radius 1 is 1.25 bits per heavy atom. The van der Waals surface area contributed by atoms with Crippen molar-refractivity contribution in [3.8, 4) is 0 Å². The van der Waals surface area contributed by atoms with Gasteiger partial charge in [0.05, 0.1) is 5.92 Å². The van der Waals surface area contributed by atoms with Crippen LogP contribution in [0.25, 0.3) is 0 Å². The minimum Gasteiger partial charge on any atom is -0.326 e. The Labute approximate surface area is 158 Å². The fourth-order valence-corrected chi connectivity index (χ4v) is 3.13. The number of nitrogens with one attached hydrogen (secondary N) is 1. The molecule has 0 radical (unpaired) electrons. The summed E-state index contributed by atoms with van der Waals surface area (Å²) in [5.74, 6) is -0.0274. The zero-order valence-electron chi connectivity index (χ0n) is 14.9. The number of rotatable bonds is 5. The molecule has 2 atom stereocenters. The number of carbonyl (C=O) groups is 1. The van der Waals surface area contributed by atoms with E-state index in [2.05, 4.69) is 36.4 Å². The summed E-state index contributed by atoms with van der Waals surface area (Å²) in [7, 11) is 4.14. The highest BCUT2D eigenvalue weighted by molar-refractivity contribution is 5.93. The third kappa shape index (κ3) is 6.60. The van der Waals surface area contributed by atoms with Crippen LogP contribution in [-0.4, -0.2) is 37.0 Å². The van der Waals surface area contributed by atoms with Crippen molar-refractivity contribution in [1.29, 1.82) is 0 Å². The van der Waals surface area contributed by atoms with Gasteiger partial charge in [0, 0.05) is 17.8 Å². The molecule has 1 amide bonds. The minimum atomic E-state index is -0.381. The molecule has 0 heterocycles. The first-order valence-electron chi connectivity index (χ1n) is 8.22. The van der Waals surface area contributed by atoms with Gasteiger partial charge in [-0.05, 0) is 58.0 Å². The van der Waals surface area contributed by atoms with Crippen LogP contribution in [0.15, 0.2) is 24.3 Å². The lowest BCUT2D eigenvalue weighted by molar-refractivity contribution is -0.122. The molecular weight excluding hydrogens is 345 g/mol. The summed E-state index contributed by atoms with van der Waals surface area (Å²) in [6.07, 6.45) is 5.05. The second-order valence-electron chi connectivity index (χ2n) is 7.04. The van der Waals surface area contributed by atoms with Gasteiger partial charge < -0.3 is 16.0 Å². The molecule has 1 aromatic carbocycles. The molecule has 0 aromatic heterocycles. The van der Waals surface area contributed by atoms with Crippen molar-refractivity contribution in [3.63, 3.8) is 0 Å². The maximum Gasteiger partial charge on any atom is 0.229 e. The standard InChI is InChI=1S/C18H29N3O.2ClH/c1-18(19)12-5-4-6-16(18)17(22)20-15-9-7-14(8-10-15)11-13-21(2)3;;/h7-10,16H,4-6,11-13,19H2,1-3H3,(H,20,22);2*1H. The average Bonchev–Trinajstić information content (AvgIpc) is 2.46. The number of nitrogens with two attached hydrogens (primary N) is 1. The van der Waals surface area contributed by atoms with Crippen LogP contribution in [0.2, 0.25) is 0 Å². The van der Waals surface area contributed by atoms with Gasteiger partial charge in [-0.15, -0.1) is 24.8 Å². The average molecular weight is 376 g/mol. The molecule has 1 saturated carbocycles. The van der Waals surface area contributed by atoms with Crippen molar-refractivity contribution in [2.75, 3.05) is 26.0 Å². The number of carbonyl (C=O) groups excluding carboxylic acids is 1. The van der Waals surface area contributed by atoms with Gasteiger partial charge in [-0.2, -0.15) is 0 Å². The Kier molecular flexibility index (Phi) is 9.90. The van der Waals surface area contributed by atoms with Crippen LogP contribution in [0.3, 0.4) is 0 Å². The third-order valence-corrected chi connectivity index (χ3v) is 4.64. The second kappa shape index (κ2) is 10.2. The predicted molar refractivity (Wildman–Crippen MR) is 106 cm³/mol. The van der Waals surface area contributed by atoms with E-state index in [9.17, 15) is 4.79 Å². The monoisotopic (exact) mass is 375 g/mol. The Hall–Kier alpha value is -0.810. The lowest BCUT2D eigenvalue weighted by atomic mass is 9.74. The Morgan fingerprint density at radius 2 is 1.88 bits per heavy atom. The molecule has 6 heteroatoms. The Morgan fingerprint density at radius 3 is 2.42 bits per heavy atom. The number of benzene rings is 1. The predicted octanol–water partition coefficient (Wildman–Crippen LogP) is 3.48. The molecule has 0 aliphatic heterocycles. The van der Waals surface area contributed by atoms with Gasteiger partial charge in [-0.25, -0.2) is 0 Å². The first-order chi connectivity index (χ1) is 10.4. The molecule has 2 rings (SSSR count). The first-order valence-corrected chi connectivity index (χ1v) is 8.22. The van der Waals surface area contributed by atoms with Crippen molar-refractivity contribution in [2.45, 2.75) is 44.6 Å². The highest BCUT2D eigenvalue weighted by Gasteiger charge is 2.37. The van der Waals surface area contributed by atoms with Gasteiger partial charge in [0.25, 0.3) is 0 Å². The van der Waals surface area contributed by atoms with E-state index in [1.54, 1.807) is 0 Å². The molecule has 4 nitrogen and oxygen atoms in total. The van der Waals surface area contributed by atoms with E-state index in [1.165, 1.54) is 5.56 Å². The SMILES string of the molecule is CN(C)CCc1ccc(NC(=O)C2CCCCC2(C)N)cc1.Cl.Cl. The van der Waals surface area contributed by atoms with Gasteiger partial charge in [0.2, 0.25) is 5.91 Å². The molecular formula is C18H31Cl2N3O. The number of anilines is 1. The van der Waals surface area contributed by atoms with Gasteiger partial charge in [-0.3, -0.25) is 4.79 Å². The summed E-state index contributed by atoms with van der Waals surface area (Å²) in [6.45, 7) is 3.03. The van der Waals surface area contributed by atoms with Gasteiger partial charge >= 0.3 is 0 Å². The van der Waals surface area contributed by atoms with Gasteiger partial charge in [-0.1, -0.05) is 25.0 Å². The van der Waals surface area contributed by atoms with Crippen LogP contribution in [0.1, 0.15) is 38.2 Å². The van der Waals surface area contributed by atoms with Crippen LogP contribution in [0, 0.1) is 5.92 Å². The number of nitrogens with zero attached hydrogens (tertiary/aromatic N) is 1. The normalized spacial score (nSPS) is 23.1. The number of halogens is 2. The Balaban J connectivity index is 0.00000264. The maximum absolute atomic E-state index is 12.5. The molecule has 2 unspecified atom stereocenters. The van der Waals surface area contributed by atoms with Gasteiger partial charge in [0.15, 0.2) is 0 Å². The number of hydrogen-bond acceptors (Lipinski definition) is 3. The topological polar surface area (TPSA) is 58.4 Å². The zero-order valence-corrected chi connectivity index (χ0v) is 16.5. The summed E-state index contributed by atoms with van der Waals surface area (Å²) < 4.78 is 0. The van der Waals surface area contributed by atoms with E-state index >= 15 is 0 Å². The molecule has 24 heavy (non-hydrogen) atoms. The minimum absolute atomic E-state index is 0. The molecule has 1 fully saturated rings. The molecule has 0 bridgehead atoms. The number of hydrogen-bond donors (Lipinski definition) is 2. The maximum atomic E-state index is 12.5. The molecule has 138 valence electrons. The van der Waals surface area contributed by atoms with Crippen LogP contribution in [-0.2, 0) is 11.2 Å². The van der Waals surface area contributed by atoms with Crippen LogP contribution < -0.4 is 11.1 Å². The van der Waals surface area contributed by atoms with Gasteiger partial charge in [0.1, 0.15) is 0 Å². The Bertz CT molecular complexity index is 503. The first kappa shape index (κ1) is 23.2. The fourth-order valence-electron chi connectivity index (χ4n) is 3.13. The van der Waals surface area contributed by atoms with E-state index in [-0.39, 0.29) is 42.2 Å². The lowest BCUT2D eigenvalue weighted by Crippen LogP contribution is -2.51. The van der Waals surface area contributed by atoms with E-state index < -0.39 is 0 Å². The summed E-state index contributed by atoms with van der Waals surface area (Å²) in [6, 6.07) is 8.14. The highest BCUT2D eigenvalue weighted by atomic mass is 35.5. The van der Waals surface area contributed by atoms with Crippen molar-refractivity contribution in [3.05, 3.63) is 29.8 Å². The molecule has 3 N–H and O–H groups in total. The number of amides is 1. The molecule has 1 aromatic rings. The fraction of sp³-hybridized carbons (Fsp3) is 0.611. The molecule has 0 saturated heterocycles. The zero-order chi connectivity index (χ0) is 16.2. The van der Waals surface area contributed by atoms with E-state index in [4.69, 9.17) is 5.73 Å². The summed E-state index contributed by atoms with van der Waals surface area (Å²) in [4.78, 5) is 14.7. The van der Waals surface area contributed by atoms with Crippen molar-refractivity contribution >= 4 is 36.4 Å². The quantitative estimate of drug-likeness (QED) is 0.827. The summed E-state index contributed by atoms with van der Waals surface area (Å²) >= 11 is 0. The molecule has 0 spiro atoms.